The van der Waals surface area contributed by atoms with E-state index in [1.807, 2.05) is 6.92 Å². The number of alkyl carbamates (subject to hydrolysis) is 1. The van der Waals surface area contributed by atoms with E-state index in [4.69, 9.17) is 60.8 Å². The van der Waals surface area contributed by atoms with Crippen LogP contribution in [-0.4, -0.2) is 236 Å². The summed E-state index contributed by atoms with van der Waals surface area (Å²) in [6.07, 6.45) is -1.79. The Labute approximate surface area is 536 Å². The van der Waals surface area contributed by atoms with E-state index >= 15 is 0 Å². The Morgan fingerprint density at radius 1 is 0.587 bits per heavy atom. The van der Waals surface area contributed by atoms with E-state index in [0.717, 1.165) is 19.4 Å². The summed E-state index contributed by atoms with van der Waals surface area (Å²) in [4.78, 5) is 122. The van der Waals surface area contributed by atoms with Crippen LogP contribution in [0.4, 0.5) is 4.79 Å². The van der Waals surface area contributed by atoms with Gasteiger partial charge in [-0.1, -0.05) is 52.4 Å². The van der Waals surface area contributed by atoms with Crippen LogP contribution in [0.1, 0.15) is 138 Å². The van der Waals surface area contributed by atoms with Crippen molar-refractivity contribution in [1.29, 1.82) is 0 Å². The quantitative estimate of drug-likeness (QED) is 0.0150. The number of nitrogens with two attached hydrogens (primary N) is 4. The van der Waals surface area contributed by atoms with E-state index < -0.39 is 145 Å². The molecule has 0 aromatic carbocycles. The molecule has 18 N–H and O–H groups in total. The lowest BCUT2D eigenvalue weighted by atomic mass is 9.87. The van der Waals surface area contributed by atoms with E-state index in [1.54, 1.807) is 6.92 Å². The largest absolute Gasteiger partial charge is 0.479 e. The number of aliphatic imine (C=N–C) groups is 2. The monoisotopic (exact) mass is 1320 g/mol. The van der Waals surface area contributed by atoms with Gasteiger partial charge in [0.1, 0.15) is 24.1 Å². The van der Waals surface area contributed by atoms with Crippen LogP contribution in [0.25, 0.3) is 0 Å². The Hall–Kier alpha value is -7.27. The molecule has 2 aliphatic rings. The third-order valence-electron chi connectivity index (χ3n) is 14.4. The van der Waals surface area contributed by atoms with Crippen molar-refractivity contribution in [2.45, 2.75) is 197 Å². The molecule has 0 aliphatic carbocycles. The van der Waals surface area contributed by atoms with Crippen LogP contribution in [0.5, 0.6) is 0 Å². The lowest BCUT2D eigenvalue weighted by Gasteiger charge is -2.39. The van der Waals surface area contributed by atoms with Gasteiger partial charge in [0.2, 0.25) is 29.2 Å². The van der Waals surface area contributed by atoms with Crippen molar-refractivity contribution in [3.8, 4) is 0 Å². The molecule has 0 aromatic heterocycles. The predicted molar refractivity (Wildman–Crippen MR) is 331 cm³/mol. The van der Waals surface area contributed by atoms with Crippen molar-refractivity contribution in [3.63, 3.8) is 0 Å². The number of ether oxygens (including phenoxy) is 8. The first-order chi connectivity index (χ1) is 43.9. The Morgan fingerprint density at radius 3 is 1.62 bits per heavy atom. The van der Waals surface area contributed by atoms with Gasteiger partial charge in [0.25, 0.3) is 0 Å². The normalized spacial score (nSPS) is 19.3. The van der Waals surface area contributed by atoms with Crippen LogP contribution >= 0.6 is 0 Å². The zero-order chi connectivity index (χ0) is 68.4. The van der Waals surface area contributed by atoms with Crippen LogP contribution < -0.4 is 44.2 Å². The summed E-state index contributed by atoms with van der Waals surface area (Å²) in [7, 11) is 0. The minimum atomic E-state index is -1.80. The van der Waals surface area contributed by atoms with Crippen molar-refractivity contribution in [2.24, 2.45) is 38.8 Å². The van der Waals surface area contributed by atoms with Crippen LogP contribution in [-0.2, 0) is 76.3 Å². The summed E-state index contributed by atoms with van der Waals surface area (Å²) in [6.45, 7) is 6.29. The number of carbonyl (C=O) groups is 9. The number of aliphatic hydroxyl groups is 4. The fraction of sp³-hybridized carbons (Fsp3) is 0.746. The van der Waals surface area contributed by atoms with Gasteiger partial charge >= 0.3 is 24.0 Å². The highest BCUT2D eigenvalue weighted by molar-refractivity contribution is 5.92. The molecule has 0 fully saturated rings. The van der Waals surface area contributed by atoms with E-state index in [9.17, 15) is 73.8 Å². The molecule has 4 amide bonds. The van der Waals surface area contributed by atoms with Gasteiger partial charge in [0.05, 0.1) is 83.6 Å². The lowest BCUT2D eigenvalue weighted by molar-refractivity contribution is -0.176. The fourth-order valence-corrected chi connectivity index (χ4v) is 9.62. The SMILES string of the molecule is CCCOCCOCCOCCOCCC(=O)N[C@H](CCC(=O)CCCCCCCNC(=O)O[C@@H]([C@@H]1OC(C(=O)O)=C[C@H](N=C(N)N)[C@H]1NC(C)=O)[C@H](O)CO)C(=O)CCC(=O)NCCCCCCCC(=O)O[C@@H]([C@@H]1OC(C(=O)O)=C[C@H](N=C(N)N)[C@H]1C)[C@H](O)CO.[3HH]. The maximum Gasteiger partial charge on any atom is 0.407 e. The number of hydrogen-bond donors (Lipinski definition) is 14. The molecule has 0 saturated carbocycles. The van der Waals surface area contributed by atoms with Gasteiger partial charge in [-0.2, -0.15) is 0 Å². The van der Waals surface area contributed by atoms with Crippen LogP contribution in [0.3, 0.4) is 0 Å². The number of esters is 1. The summed E-state index contributed by atoms with van der Waals surface area (Å²) in [6, 6.07) is -4.41. The minimum absolute atomic E-state index is 0. The minimum Gasteiger partial charge on any atom is -0.479 e. The van der Waals surface area contributed by atoms with Crippen LogP contribution in [0.2, 0.25) is 0 Å². The van der Waals surface area contributed by atoms with Crippen molar-refractivity contribution >= 4 is 65.2 Å². The molecule has 0 bridgehead atoms. The summed E-state index contributed by atoms with van der Waals surface area (Å²) in [5.74, 6) is -8.40. The Balaban J connectivity index is 0.0000432. The molecule has 2 heterocycles. The third kappa shape index (κ3) is 33.9. The molecule has 33 heteroatoms. The molecule has 2 aliphatic heterocycles. The fourth-order valence-electron chi connectivity index (χ4n) is 9.62. The zero-order valence-electron chi connectivity index (χ0n) is 53.0. The van der Waals surface area contributed by atoms with Crippen molar-refractivity contribution < 1.29 is 113 Å². The van der Waals surface area contributed by atoms with Crippen molar-refractivity contribution in [3.05, 3.63) is 23.7 Å². The van der Waals surface area contributed by atoms with E-state index in [0.29, 0.717) is 104 Å². The maximum atomic E-state index is 13.5. The number of amides is 4. The zero-order valence-corrected chi connectivity index (χ0v) is 53.0. The second-order valence-corrected chi connectivity index (χ2v) is 22.0. The molecule has 0 radical (unpaired) electrons. The molecular formula is C59H102N10O23. The number of rotatable bonds is 51. The maximum absolute atomic E-state index is 13.5. The second-order valence-electron chi connectivity index (χ2n) is 22.0. The van der Waals surface area contributed by atoms with E-state index in [2.05, 4.69) is 31.3 Å². The number of hydrogen-bond acceptors (Lipinski definition) is 23. The number of carboxylic acids is 2. The molecule has 33 nitrogen and oxygen atoms in total. The van der Waals surface area contributed by atoms with E-state index in [1.165, 1.54) is 6.08 Å². The molecule has 0 spiro atoms. The average molecular weight is 1320 g/mol. The number of unbranched alkanes of at least 4 members (excludes halogenated alkanes) is 8. The summed E-state index contributed by atoms with van der Waals surface area (Å²) >= 11 is 0. The molecule has 526 valence electrons. The van der Waals surface area contributed by atoms with Crippen LogP contribution in [0.15, 0.2) is 33.7 Å². The molecule has 0 saturated heterocycles. The van der Waals surface area contributed by atoms with Gasteiger partial charge in [-0.15, -0.1) is 0 Å². The highest BCUT2D eigenvalue weighted by Crippen LogP contribution is 2.31. The first-order valence-electron chi connectivity index (χ1n) is 31.2. The summed E-state index contributed by atoms with van der Waals surface area (Å²) in [5, 5.41) is 70.5. The van der Waals surface area contributed by atoms with Gasteiger partial charge in [0, 0.05) is 72.5 Å². The summed E-state index contributed by atoms with van der Waals surface area (Å²) in [5.41, 5.74) is 22.1. The Morgan fingerprint density at radius 2 is 1.08 bits per heavy atom. The lowest BCUT2D eigenvalue weighted by Crippen LogP contribution is -2.61. The van der Waals surface area contributed by atoms with Crippen molar-refractivity contribution in [1.82, 2.24) is 21.3 Å². The van der Waals surface area contributed by atoms with Gasteiger partial charge in [0.15, 0.2) is 36.0 Å². The molecular weight excluding hydrogens is 1220 g/mol. The number of aliphatic hydroxyl groups excluding tert-OH is 4. The third-order valence-corrected chi connectivity index (χ3v) is 14.4. The Bertz CT molecular complexity index is 2420. The number of carboxylic acid groups (broad SMARTS) is 2. The highest BCUT2D eigenvalue weighted by atomic mass is 16.6. The molecule has 0 unspecified atom stereocenters. The number of aliphatic carboxylic acids is 2. The Kier molecular flexibility index (Phi) is 41.1. The van der Waals surface area contributed by atoms with Crippen LogP contribution in [0, 0.1) is 5.92 Å². The molecule has 2 rings (SSSR count). The van der Waals surface area contributed by atoms with E-state index in [-0.39, 0.29) is 84.5 Å². The highest BCUT2D eigenvalue weighted by Gasteiger charge is 2.47. The first-order valence-corrected chi connectivity index (χ1v) is 31.2. The molecule has 0 aromatic rings. The van der Waals surface area contributed by atoms with Gasteiger partial charge < -0.3 is 113 Å². The van der Waals surface area contributed by atoms with Crippen molar-refractivity contribution in [2.75, 3.05) is 79.2 Å². The topological polar surface area (TPSA) is 526 Å². The number of nitrogens with zero attached hydrogens (tertiary/aromatic N) is 2. The summed E-state index contributed by atoms with van der Waals surface area (Å²) < 4.78 is 43.9. The first kappa shape index (κ1) is 80.8. The average Bonchev–Trinajstić information content (AvgIpc) is 0.819. The van der Waals surface area contributed by atoms with Gasteiger partial charge in [-0.05, 0) is 50.7 Å². The smallest absolute Gasteiger partial charge is 0.407 e. The number of guanidine groups is 2. The number of Topliss-reactive ketones (excluding diaryl/α,β-unsaturated/α-hetero) is 2. The van der Waals surface area contributed by atoms with Gasteiger partial charge in [-0.25, -0.2) is 24.4 Å². The second kappa shape index (κ2) is 46.7. The van der Waals surface area contributed by atoms with Gasteiger partial charge in [-0.3, -0.25) is 28.8 Å². The predicted octanol–water partition coefficient (Wildman–Crippen LogP) is -1.05. The number of ketones is 2. The standard InChI is InChI=1S/C59H100N10O23.H2/c1-4-24-85-26-28-87-30-31-88-29-27-86-25-21-48(78)67-39(42(74)19-20-47(77)64-22-13-9-6-8-12-16-49(79)91-52(43(75)34-70)51-36(2)40(68-57(60)61)32-45(89-51)55(80)81)18-17-38(73)15-11-7-5-10-14-23-65-59(84)92-53(44(76)35-71)54-50(66-37(3)72)41(69-58(62)63)33-46(90-54)56(82)83;/h32-33,36,39-41,43-44,50-54,70-71,75-76H,4-31,34-35H2,1-3H3,(H,64,77)(H,65,84)(H,66,72)(H,67,78)(H,80,81)(H,82,83)(H4,60,61,68)(H4,62,63,69);1H/t36-,39-,40+,41+,43-,44-,50-,51-,52-,53-,54-;/m1./s1/i;1+2. The number of nitrogens with one attached hydrogen (secondary N) is 4. The number of carbonyl (C=O) groups excluding carboxylic acids is 7. The molecule has 11 atom stereocenters. The molecule has 92 heavy (non-hydrogen) atoms.